The average Bonchev–Trinajstić information content (AvgIpc) is 2.74. The number of hydrogen-bond donors (Lipinski definition) is 1. The van der Waals surface area contributed by atoms with Crippen LogP contribution in [0.3, 0.4) is 0 Å². The number of unbranched alkanes of at least 4 members (excludes halogenated alkanes) is 1. The van der Waals surface area contributed by atoms with Crippen LogP contribution in [0.4, 0.5) is 0 Å². The summed E-state index contributed by atoms with van der Waals surface area (Å²) in [6.07, 6.45) is 5.76. The highest BCUT2D eigenvalue weighted by atomic mass is 16.5. The molecule has 154 valence electrons. The first-order valence-electron chi connectivity index (χ1n) is 9.98. The van der Waals surface area contributed by atoms with Gasteiger partial charge in [-0.3, -0.25) is 14.9 Å². The SMILES string of the molecule is COc1cc2ccnc(CN(CCCCN)Cc3ncccc3C)c2cc1OC. The van der Waals surface area contributed by atoms with Crippen LogP contribution < -0.4 is 15.2 Å². The fraction of sp³-hybridized carbons (Fsp3) is 0.391. The van der Waals surface area contributed by atoms with Crippen molar-refractivity contribution >= 4 is 10.8 Å². The quantitative estimate of drug-likeness (QED) is 0.529. The number of ether oxygens (including phenoxy) is 2. The fourth-order valence-electron chi connectivity index (χ4n) is 3.49. The summed E-state index contributed by atoms with van der Waals surface area (Å²) in [5.74, 6) is 1.44. The number of nitrogens with zero attached hydrogens (tertiary/aromatic N) is 3. The number of benzene rings is 1. The van der Waals surface area contributed by atoms with E-state index in [2.05, 4.69) is 27.9 Å². The molecule has 0 aliphatic rings. The van der Waals surface area contributed by atoms with Crippen LogP contribution in [0.25, 0.3) is 10.8 Å². The molecular formula is C23H30N4O2. The normalized spacial score (nSPS) is 11.2. The molecule has 3 rings (SSSR count). The van der Waals surface area contributed by atoms with E-state index in [4.69, 9.17) is 15.2 Å². The first-order chi connectivity index (χ1) is 14.2. The summed E-state index contributed by atoms with van der Waals surface area (Å²) in [6, 6.07) is 10.1. The van der Waals surface area contributed by atoms with Gasteiger partial charge in [-0.1, -0.05) is 6.07 Å². The van der Waals surface area contributed by atoms with Crippen molar-refractivity contribution in [1.82, 2.24) is 14.9 Å². The summed E-state index contributed by atoms with van der Waals surface area (Å²) in [7, 11) is 3.31. The van der Waals surface area contributed by atoms with Gasteiger partial charge in [-0.25, -0.2) is 0 Å². The third kappa shape index (κ3) is 5.22. The van der Waals surface area contributed by atoms with E-state index in [0.717, 1.165) is 60.4 Å². The number of methoxy groups -OCH3 is 2. The Labute approximate surface area is 172 Å². The lowest BCUT2D eigenvalue weighted by molar-refractivity contribution is 0.246. The molecule has 3 aromatic rings. The highest BCUT2D eigenvalue weighted by Gasteiger charge is 2.14. The minimum atomic E-state index is 0.708. The highest BCUT2D eigenvalue weighted by Crippen LogP contribution is 2.33. The first kappa shape index (κ1) is 21.0. The number of aromatic nitrogens is 2. The molecule has 0 bridgehead atoms. The van der Waals surface area contributed by atoms with Gasteiger partial charge in [0.15, 0.2) is 11.5 Å². The fourth-order valence-corrected chi connectivity index (χ4v) is 3.49. The number of fused-ring (bicyclic) bond motifs is 1. The smallest absolute Gasteiger partial charge is 0.161 e. The lowest BCUT2D eigenvalue weighted by Gasteiger charge is -2.23. The zero-order chi connectivity index (χ0) is 20.6. The molecule has 6 nitrogen and oxygen atoms in total. The van der Waals surface area contributed by atoms with Crippen molar-refractivity contribution in [2.75, 3.05) is 27.3 Å². The Kier molecular flexibility index (Phi) is 7.38. The molecule has 2 heterocycles. The maximum atomic E-state index is 5.71. The van der Waals surface area contributed by atoms with Crippen molar-refractivity contribution in [3.8, 4) is 11.5 Å². The molecule has 2 N–H and O–H groups in total. The van der Waals surface area contributed by atoms with E-state index < -0.39 is 0 Å². The molecule has 0 amide bonds. The second-order valence-corrected chi connectivity index (χ2v) is 7.16. The summed E-state index contributed by atoms with van der Waals surface area (Å²) in [5.41, 5.74) is 9.03. The van der Waals surface area contributed by atoms with Gasteiger partial charge < -0.3 is 15.2 Å². The molecule has 2 aromatic heterocycles. The van der Waals surface area contributed by atoms with Crippen LogP contribution >= 0.6 is 0 Å². The monoisotopic (exact) mass is 394 g/mol. The van der Waals surface area contributed by atoms with Gasteiger partial charge in [0.1, 0.15) is 0 Å². The van der Waals surface area contributed by atoms with E-state index in [1.54, 1.807) is 14.2 Å². The molecule has 0 spiro atoms. The van der Waals surface area contributed by atoms with Crippen LogP contribution in [0.2, 0.25) is 0 Å². The number of aryl methyl sites for hydroxylation is 1. The van der Waals surface area contributed by atoms with Gasteiger partial charge in [-0.05, 0) is 68.1 Å². The third-order valence-corrected chi connectivity index (χ3v) is 5.14. The second kappa shape index (κ2) is 10.2. The number of nitrogens with two attached hydrogens (primary N) is 1. The molecule has 0 unspecified atom stereocenters. The van der Waals surface area contributed by atoms with Gasteiger partial charge in [0, 0.05) is 30.9 Å². The molecule has 0 aliphatic heterocycles. The largest absolute Gasteiger partial charge is 0.493 e. The molecule has 0 fully saturated rings. The van der Waals surface area contributed by atoms with Crippen molar-refractivity contribution < 1.29 is 9.47 Å². The number of pyridine rings is 2. The molecule has 0 atom stereocenters. The molecule has 1 aromatic carbocycles. The van der Waals surface area contributed by atoms with Gasteiger partial charge in [0.25, 0.3) is 0 Å². The summed E-state index contributed by atoms with van der Waals surface area (Å²) in [6.45, 7) is 5.27. The number of rotatable bonds is 10. The van der Waals surface area contributed by atoms with E-state index in [1.165, 1.54) is 5.56 Å². The summed E-state index contributed by atoms with van der Waals surface area (Å²) >= 11 is 0. The van der Waals surface area contributed by atoms with E-state index in [-0.39, 0.29) is 0 Å². The highest BCUT2D eigenvalue weighted by molar-refractivity contribution is 5.87. The lowest BCUT2D eigenvalue weighted by Crippen LogP contribution is -2.26. The maximum Gasteiger partial charge on any atom is 0.161 e. The Morgan fingerprint density at radius 2 is 1.66 bits per heavy atom. The van der Waals surface area contributed by atoms with Crippen LogP contribution in [-0.4, -0.2) is 42.2 Å². The minimum Gasteiger partial charge on any atom is -0.493 e. The van der Waals surface area contributed by atoms with Crippen molar-refractivity contribution in [1.29, 1.82) is 0 Å². The van der Waals surface area contributed by atoms with E-state index in [0.29, 0.717) is 12.3 Å². The Morgan fingerprint density at radius 3 is 2.38 bits per heavy atom. The van der Waals surface area contributed by atoms with Crippen LogP contribution in [0.15, 0.2) is 42.7 Å². The van der Waals surface area contributed by atoms with Crippen molar-refractivity contribution in [3.63, 3.8) is 0 Å². The van der Waals surface area contributed by atoms with Gasteiger partial charge >= 0.3 is 0 Å². The minimum absolute atomic E-state index is 0.708. The molecule has 6 heteroatoms. The lowest BCUT2D eigenvalue weighted by atomic mass is 10.1. The van der Waals surface area contributed by atoms with Crippen LogP contribution in [0.5, 0.6) is 11.5 Å². The van der Waals surface area contributed by atoms with Crippen molar-refractivity contribution in [2.45, 2.75) is 32.9 Å². The Morgan fingerprint density at radius 1 is 0.931 bits per heavy atom. The van der Waals surface area contributed by atoms with Gasteiger partial charge in [0.05, 0.1) is 25.6 Å². The van der Waals surface area contributed by atoms with Crippen LogP contribution in [-0.2, 0) is 13.1 Å². The molecular weight excluding hydrogens is 364 g/mol. The Hall–Kier alpha value is -2.70. The number of hydrogen-bond acceptors (Lipinski definition) is 6. The zero-order valence-corrected chi connectivity index (χ0v) is 17.5. The van der Waals surface area contributed by atoms with Gasteiger partial charge in [-0.2, -0.15) is 0 Å². The van der Waals surface area contributed by atoms with Crippen LogP contribution in [0.1, 0.15) is 29.8 Å². The van der Waals surface area contributed by atoms with Gasteiger partial charge in [0.2, 0.25) is 0 Å². The molecule has 29 heavy (non-hydrogen) atoms. The predicted octanol–water partition coefficient (Wildman–Crippen LogP) is 3.70. The Balaban J connectivity index is 1.91. The Bertz CT molecular complexity index is 945. The van der Waals surface area contributed by atoms with E-state index in [9.17, 15) is 0 Å². The molecule has 0 saturated heterocycles. The van der Waals surface area contributed by atoms with Crippen LogP contribution in [0, 0.1) is 6.92 Å². The zero-order valence-electron chi connectivity index (χ0n) is 17.5. The van der Waals surface area contributed by atoms with Gasteiger partial charge in [-0.15, -0.1) is 0 Å². The topological polar surface area (TPSA) is 73.5 Å². The molecule has 0 aliphatic carbocycles. The summed E-state index contributed by atoms with van der Waals surface area (Å²) < 4.78 is 11.0. The second-order valence-electron chi connectivity index (χ2n) is 7.16. The van der Waals surface area contributed by atoms with E-state index >= 15 is 0 Å². The summed E-state index contributed by atoms with van der Waals surface area (Å²) in [5, 5.41) is 2.16. The molecule has 0 radical (unpaired) electrons. The first-order valence-corrected chi connectivity index (χ1v) is 9.98. The maximum absolute atomic E-state index is 5.71. The van der Waals surface area contributed by atoms with Crippen molar-refractivity contribution in [3.05, 3.63) is 59.7 Å². The average molecular weight is 395 g/mol. The summed E-state index contributed by atoms with van der Waals surface area (Å²) in [4.78, 5) is 11.7. The standard InChI is InChI=1S/C23H30N4O2/c1-17-7-6-10-25-20(17)15-27(12-5-4-9-24)16-21-19-14-23(29-3)22(28-2)13-18(19)8-11-26-21/h6-8,10-11,13-14H,4-5,9,12,15-16,24H2,1-3H3. The van der Waals surface area contributed by atoms with Crippen molar-refractivity contribution in [2.24, 2.45) is 5.73 Å². The van der Waals surface area contributed by atoms with E-state index in [1.807, 2.05) is 36.7 Å². The predicted molar refractivity (Wildman–Crippen MR) is 116 cm³/mol. The molecule has 0 saturated carbocycles. The third-order valence-electron chi connectivity index (χ3n) is 5.14.